The lowest BCUT2D eigenvalue weighted by atomic mass is 10.1. The van der Waals surface area contributed by atoms with Crippen molar-refractivity contribution in [1.82, 2.24) is 5.32 Å². The van der Waals surface area contributed by atoms with E-state index in [0.717, 1.165) is 22.6 Å². The molecule has 2 aromatic carbocycles. The molecule has 0 fully saturated rings. The van der Waals surface area contributed by atoms with E-state index >= 15 is 0 Å². The second-order valence-corrected chi connectivity index (χ2v) is 5.11. The van der Waals surface area contributed by atoms with Crippen molar-refractivity contribution in [3.05, 3.63) is 65.7 Å². The molecule has 0 saturated carbocycles. The zero-order valence-electron chi connectivity index (χ0n) is 13.6. The van der Waals surface area contributed by atoms with Crippen LogP contribution >= 0.6 is 0 Å². The maximum absolute atomic E-state index is 12.0. The average Bonchev–Trinajstić information content (AvgIpc) is 2.60. The van der Waals surface area contributed by atoms with Gasteiger partial charge in [-0.05, 0) is 48.4 Å². The first-order valence-corrected chi connectivity index (χ1v) is 7.39. The van der Waals surface area contributed by atoms with Gasteiger partial charge in [0.2, 0.25) is 5.91 Å². The first-order valence-electron chi connectivity index (χ1n) is 7.39. The number of carbonyl (C=O) groups excluding carboxylic acids is 1. The van der Waals surface area contributed by atoms with Crippen molar-refractivity contribution in [2.45, 2.75) is 13.0 Å². The summed E-state index contributed by atoms with van der Waals surface area (Å²) in [4.78, 5) is 12.0. The molecule has 0 bridgehead atoms. The van der Waals surface area contributed by atoms with Gasteiger partial charge in [-0.15, -0.1) is 0 Å². The Kier molecular flexibility index (Phi) is 5.80. The van der Waals surface area contributed by atoms with Crippen molar-refractivity contribution in [2.24, 2.45) is 0 Å². The summed E-state index contributed by atoms with van der Waals surface area (Å²) in [7, 11) is 3.25. The third kappa shape index (κ3) is 4.88. The summed E-state index contributed by atoms with van der Waals surface area (Å²) in [6.45, 7) is 1.95. The minimum Gasteiger partial charge on any atom is -0.497 e. The van der Waals surface area contributed by atoms with E-state index in [1.807, 2.05) is 55.5 Å². The average molecular weight is 311 g/mol. The van der Waals surface area contributed by atoms with E-state index in [1.165, 1.54) is 6.08 Å². The van der Waals surface area contributed by atoms with Crippen LogP contribution in [0.5, 0.6) is 11.5 Å². The van der Waals surface area contributed by atoms with Crippen LogP contribution in [-0.2, 0) is 4.79 Å². The predicted octanol–water partition coefficient (Wildman–Crippen LogP) is 3.59. The minimum absolute atomic E-state index is 0.0751. The van der Waals surface area contributed by atoms with Gasteiger partial charge in [-0.25, -0.2) is 0 Å². The molecule has 0 aliphatic carbocycles. The number of hydrogen-bond donors (Lipinski definition) is 1. The standard InChI is InChI=1S/C19H21NO3/c1-14(16-7-11-18(23-3)12-8-16)20-19(21)13-6-15-4-9-17(22-2)10-5-15/h4-14H,1-3H3,(H,20,21)/b13-6+/t14-/m1/s1. The van der Waals surface area contributed by atoms with Gasteiger partial charge in [-0.3, -0.25) is 4.79 Å². The van der Waals surface area contributed by atoms with Crippen LogP contribution < -0.4 is 14.8 Å². The van der Waals surface area contributed by atoms with Crippen LogP contribution in [0.25, 0.3) is 6.08 Å². The van der Waals surface area contributed by atoms with Gasteiger partial charge >= 0.3 is 0 Å². The molecule has 1 N–H and O–H groups in total. The van der Waals surface area contributed by atoms with Crippen molar-refractivity contribution in [1.29, 1.82) is 0 Å². The molecule has 120 valence electrons. The van der Waals surface area contributed by atoms with Crippen molar-refractivity contribution < 1.29 is 14.3 Å². The highest BCUT2D eigenvalue weighted by molar-refractivity contribution is 5.91. The van der Waals surface area contributed by atoms with E-state index in [1.54, 1.807) is 20.3 Å². The van der Waals surface area contributed by atoms with Gasteiger partial charge in [0.25, 0.3) is 0 Å². The molecule has 1 atom stereocenters. The lowest BCUT2D eigenvalue weighted by Gasteiger charge is -2.13. The minimum atomic E-state index is -0.135. The Morgan fingerprint density at radius 2 is 1.48 bits per heavy atom. The van der Waals surface area contributed by atoms with Gasteiger partial charge in [0.05, 0.1) is 20.3 Å². The van der Waals surface area contributed by atoms with Gasteiger partial charge in [0.15, 0.2) is 0 Å². The number of hydrogen-bond acceptors (Lipinski definition) is 3. The maximum Gasteiger partial charge on any atom is 0.244 e. The normalized spacial score (nSPS) is 12.0. The summed E-state index contributed by atoms with van der Waals surface area (Å²) in [5.74, 6) is 1.45. The Bertz CT molecular complexity index is 660. The van der Waals surface area contributed by atoms with Gasteiger partial charge in [0.1, 0.15) is 11.5 Å². The molecule has 0 radical (unpaired) electrons. The Morgan fingerprint density at radius 1 is 0.957 bits per heavy atom. The van der Waals surface area contributed by atoms with Crippen molar-refractivity contribution in [2.75, 3.05) is 14.2 Å². The van der Waals surface area contributed by atoms with E-state index in [9.17, 15) is 4.79 Å². The lowest BCUT2D eigenvalue weighted by molar-refractivity contribution is -0.117. The van der Waals surface area contributed by atoms with Crippen molar-refractivity contribution in [3.8, 4) is 11.5 Å². The largest absolute Gasteiger partial charge is 0.497 e. The molecule has 2 aromatic rings. The number of benzene rings is 2. The molecule has 2 rings (SSSR count). The SMILES string of the molecule is COc1ccc(/C=C/C(=O)N[C@H](C)c2ccc(OC)cc2)cc1. The van der Waals surface area contributed by atoms with Crippen LogP contribution in [0.2, 0.25) is 0 Å². The molecule has 0 aliphatic rings. The molecule has 4 heteroatoms. The van der Waals surface area contributed by atoms with Crippen LogP contribution in [0, 0.1) is 0 Å². The Labute approximate surface area is 136 Å². The highest BCUT2D eigenvalue weighted by Crippen LogP contribution is 2.17. The molecular weight excluding hydrogens is 290 g/mol. The van der Waals surface area contributed by atoms with E-state index in [-0.39, 0.29) is 11.9 Å². The summed E-state index contributed by atoms with van der Waals surface area (Å²) in [6.07, 6.45) is 3.30. The zero-order valence-corrected chi connectivity index (χ0v) is 13.6. The maximum atomic E-state index is 12.0. The number of nitrogens with one attached hydrogen (secondary N) is 1. The van der Waals surface area contributed by atoms with Gasteiger partial charge < -0.3 is 14.8 Å². The third-order valence-corrected chi connectivity index (χ3v) is 3.52. The number of amides is 1. The van der Waals surface area contributed by atoms with E-state index in [2.05, 4.69) is 5.32 Å². The summed E-state index contributed by atoms with van der Waals surface area (Å²) in [6, 6.07) is 15.1. The Hall–Kier alpha value is -2.75. The second-order valence-electron chi connectivity index (χ2n) is 5.11. The Morgan fingerprint density at radius 3 is 2.00 bits per heavy atom. The molecule has 0 aliphatic heterocycles. The monoisotopic (exact) mass is 311 g/mol. The van der Waals surface area contributed by atoms with Gasteiger partial charge in [-0.2, -0.15) is 0 Å². The smallest absolute Gasteiger partial charge is 0.244 e. The topological polar surface area (TPSA) is 47.6 Å². The van der Waals surface area contributed by atoms with Gasteiger partial charge in [0, 0.05) is 6.08 Å². The highest BCUT2D eigenvalue weighted by Gasteiger charge is 2.07. The van der Waals surface area contributed by atoms with E-state index < -0.39 is 0 Å². The van der Waals surface area contributed by atoms with Crippen LogP contribution in [0.15, 0.2) is 54.6 Å². The van der Waals surface area contributed by atoms with E-state index in [4.69, 9.17) is 9.47 Å². The van der Waals surface area contributed by atoms with E-state index in [0.29, 0.717) is 0 Å². The third-order valence-electron chi connectivity index (χ3n) is 3.52. The zero-order chi connectivity index (χ0) is 16.7. The number of ether oxygens (including phenoxy) is 2. The number of methoxy groups -OCH3 is 2. The fraction of sp³-hybridized carbons (Fsp3) is 0.211. The number of rotatable bonds is 6. The second kappa shape index (κ2) is 8.03. The molecule has 0 unspecified atom stereocenters. The molecule has 0 spiro atoms. The molecule has 0 saturated heterocycles. The fourth-order valence-electron chi connectivity index (χ4n) is 2.12. The van der Waals surface area contributed by atoms with Crippen molar-refractivity contribution in [3.63, 3.8) is 0 Å². The molecule has 0 aromatic heterocycles. The first-order chi connectivity index (χ1) is 11.1. The molecule has 4 nitrogen and oxygen atoms in total. The first kappa shape index (κ1) is 16.6. The molecule has 23 heavy (non-hydrogen) atoms. The molecular formula is C19H21NO3. The summed E-state index contributed by atoms with van der Waals surface area (Å²) < 4.78 is 10.2. The van der Waals surface area contributed by atoms with Crippen LogP contribution in [0.1, 0.15) is 24.1 Å². The number of carbonyl (C=O) groups is 1. The summed E-state index contributed by atoms with van der Waals surface area (Å²) >= 11 is 0. The summed E-state index contributed by atoms with van der Waals surface area (Å²) in [5.41, 5.74) is 1.97. The van der Waals surface area contributed by atoms with Crippen LogP contribution in [0.3, 0.4) is 0 Å². The molecule has 0 heterocycles. The Balaban J connectivity index is 1.93. The van der Waals surface area contributed by atoms with Crippen LogP contribution in [0.4, 0.5) is 0 Å². The highest BCUT2D eigenvalue weighted by atomic mass is 16.5. The van der Waals surface area contributed by atoms with Crippen molar-refractivity contribution >= 4 is 12.0 Å². The lowest BCUT2D eigenvalue weighted by Crippen LogP contribution is -2.24. The summed E-state index contributed by atoms with van der Waals surface area (Å²) in [5, 5.41) is 2.94. The molecule has 1 amide bonds. The van der Waals surface area contributed by atoms with Crippen LogP contribution in [-0.4, -0.2) is 20.1 Å². The fourth-order valence-corrected chi connectivity index (χ4v) is 2.12. The van der Waals surface area contributed by atoms with Gasteiger partial charge in [-0.1, -0.05) is 24.3 Å². The predicted molar refractivity (Wildman–Crippen MR) is 91.6 cm³/mol. The quantitative estimate of drug-likeness (QED) is 0.829.